The first kappa shape index (κ1) is 25.7. The maximum Gasteiger partial charge on any atom is 0.322 e. The van der Waals surface area contributed by atoms with Gasteiger partial charge in [0, 0.05) is 12.2 Å². The van der Waals surface area contributed by atoms with Crippen molar-refractivity contribution >= 4 is 22.6 Å². The molecule has 0 radical (unpaired) electrons. The lowest BCUT2D eigenvalue weighted by Gasteiger charge is -2.31. The van der Waals surface area contributed by atoms with Crippen LogP contribution in [0.25, 0.3) is 16.6 Å². The Hall–Kier alpha value is -4.91. The summed E-state index contributed by atoms with van der Waals surface area (Å²) in [5.41, 5.74) is 3.52. The molecule has 4 aromatic carbocycles. The van der Waals surface area contributed by atoms with Crippen LogP contribution in [0.3, 0.4) is 0 Å². The van der Waals surface area contributed by atoms with Crippen LogP contribution in [0.15, 0.2) is 108 Å². The Bertz CT molecular complexity index is 1680. The Morgan fingerprint density at radius 2 is 1.59 bits per heavy atom. The molecule has 1 N–H and O–H groups in total. The molecule has 0 aliphatic heterocycles. The zero-order valence-corrected chi connectivity index (χ0v) is 22.2. The van der Waals surface area contributed by atoms with Crippen LogP contribution in [0.5, 0.6) is 5.75 Å². The second-order valence-corrected chi connectivity index (χ2v) is 9.33. The molecule has 1 unspecified atom stereocenters. The molecule has 7 heteroatoms. The fourth-order valence-electron chi connectivity index (χ4n) is 4.68. The van der Waals surface area contributed by atoms with Crippen molar-refractivity contribution in [2.75, 3.05) is 12.4 Å². The van der Waals surface area contributed by atoms with Crippen LogP contribution >= 0.6 is 0 Å². The summed E-state index contributed by atoms with van der Waals surface area (Å²) in [4.78, 5) is 34.5. The SMILES string of the molecule is COc1ccccc1-n1c(C(C)N(Cc2ccccc2)C(=O)Nc2ccccc2C)nc2ccccc2c1=O. The lowest BCUT2D eigenvalue weighted by atomic mass is 10.1. The number of rotatable bonds is 7. The molecule has 39 heavy (non-hydrogen) atoms. The van der Waals surface area contributed by atoms with E-state index in [1.165, 1.54) is 0 Å². The van der Waals surface area contributed by atoms with Gasteiger partial charge in [-0.3, -0.25) is 9.36 Å². The quantitative estimate of drug-likeness (QED) is 0.267. The van der Waals surface area contributed by atoms with Crippen LogP contribution in [0, 0.1) is 6.92 Å². The second kappa shape index (κ2) is 11.2. The number of aryl methyl sites for hydroxylation is 1. The first-order chi connectivity index (χ1) is 19.0. The van der Waals surface area contributed by atoms with Crippen LogP contribution in [0.1, 0.15) is 29.9 Å². The highest BCUT2D eigenvalue weighted by Gasteiger charge is 2.28. The molecule has 0 saturated heterocycles. The minimum Gasteiger partial charge on any atom is -0.495 e. The Labute approximate surface area is 227 Å². The number of urea groups is 1. The standard InChI is InChI=1S/C32H30N4O3/c1-22-13-7-9-17-26(22)34-32(38)35(21-24-14-5-4-6-15-24)23(2)30-33-27-18-10-8-16-25(27)31(37)36(30)28-19-11-12-20-29(28)39-3/h4-20,23H,21H2,1-3H3,(H,34,38). The Balaban J connectivity index is 1.68. The van der Waals surface area contributed by atoms with E-state index in [1.807, 2.05) is 105 Å². The molecule has 0 saturated carbocycles. The largest absolute Gasteiger partial charge is 0.495 e. The van der Waals surface area contributed by atoms with Crippen molar-refractivity contribution < 1.29 is 9.53 Å². The van der Waals surface area contributed by atoms with Crippen LogP contribution in [-0.4, -0.2) is 27.6 Å². The van der Waals surface area contributed by atoms with Gasteiger partial charge in [0.1, 0.15) is 11.6 Å². The van der Waals surface area contributed by atoms with Gasteiger partial charge in [-0.15, -0.1) is 0 Å². The summed E-state index contributed by atoms with van der Waals surface area (Å²) in [7, 11) is 1.57. The van der Waals surface area contributed by atoms with Crippen molar-refractivity contribution in [2.45, 2.75) is 26.4 Å². The average molecular weight is 519 g/mol. The van der Waals surface area contributed by atoms with Crippen molar-refractivity contribution in [3.05, 3.63) is 130 Å². The number of aromatic nitrogens is 2. The summed E-state index contributed by atoms with van der Waals surface area (Å²) in [5.74, 6) is 0.961. The monoisotopic (exact) mass is 518 g/mol. The fraction of sp³-hybridized carbons (Fsp3) is 0.156. The minimum atomic E-state index is -0.587. The van der Waals surface area contributed by atoms with E-state index >= 15 is 0 Å². The molecule has 2 amide bonds. The molecule has 7 nitrogen and oxygen atoms in total. The second-order valence-electron chi connectivity index (χ2n) is 9.33. The number of benzene rings is 4. The summed E-state index contributed by atoms with van der Waals surface area (Å²) in [5, 5.41) is 3.55. The van der Waals surface area contributed by atoms with Crippen molar-refractivity contribution in [3.63, 3.8) is 0 Å². The molecule has 0 spiro atoms. The fourth-order valence-corrected chi connectivity index (χ4v) is 4.68. The number of fused-ring (bicyclic) bond motifs is 1. The summed E-state index contributed by atoms with van der Waals surface area (Å²) in [6.07, 6.45) is 0. The predicted molar refractivity (Wildman–Crippen MR) is 154 cm³/mol. The molecule has 1 aromatic heterocycles. The normalized spacial score (nSPS) is 11.7. The number of anilines is 1. The first-order valence-electron chi connectivity index (χ1n) is 12.8. The number of para-hydroxylation sites is 4. The van der Waals surface area contributed by atoms with Crippen LogP contribution in [-0.2, 0) is 6.54 Å². The Morgan fingerprint density at radius 1 is 0.923 bits per heavy atom. The number of nitrogens with zero attached hydrogens (tertiary/aromatic N) is 3. The van der Waals surface area contributed by atoms with Gasteiger partial charge in [-0.2, -0.15) is 0 Å². The van der Waals surface area contributed by atoms with E-state index in [9.17, 15) is 9.59 Å². The van der Waals surface area contributed by atoms with E-state index < -0.39 is 6.04 Å². The van der Waals surface area contributed by atoms with Crippen molar-refractivity contribution in [2.24, 2.45) is 0 Å². The van der Waals surface area contributed by atoms with Crippen LogP contribution in [0.4, 0.5) is 10.5 Å². The van der Waals surface area contributed by atoms with E-state index in [4.69, 9.17) is 9.72 Å². The van der Waals surface area contributed by atoms with Crippen molar-refractivity contribution in [3.8, 4) is 11.4 Å². The van der Waals surface area contributed by atoms with Gasteiger partial charge in [0.25, 0.3) is 5.56 Å². The van der Waals surface area contributed by atoms with E-state index in [-0.39, 0.29) is 11.6 Å². The lowest BCUT2D eigenvalue weighted by Crippen LogP contribution is -2.39. The summed E-state index contributed by atoms with van der Waals surface area (Å²) < 4.78 is 7.18. The molecule has 0 aliphatic carbocycles. The van der Waals surface area contributed by atoms with Gasteiger partial charge in [-0.05, 0) is 55.3 Å². The van der Waals surface area contributed by atoms with E-state index in [0.29, 0.717) is 34.7 Å². The van der Waals surface area contributed by atoms with Gasteiger partial charge >= 0.3 is 6.03 Å². The lowest BCUT2D eigenvalue weighted by molar-refractivity contribution is 0.185. The first-order valence-corrected chi connectivity index (χ1v) is 12.8. The van der Waals surface area contributed by atoms with E-state index in [1.54, 1.807) is 28.7 Å². The molecule has 0 fully saturated rings. The van der Waals surface area contributed by atoms with Gasteiger partial charge in [-0.1, -0.05) is 72.8 Å². The number of hydrogen-bond acceptors (Lipinski definition) is 4. The number of carbonyl (C=O) groups excluding carboxylic acids is 1. The molecule has 1 atom stereocenters. The molecule has 1 heterocycles. The number of ether oxygens (including phenoxy) is 1. The molecular weight excluding hydrogens is 488 g/mol. The van der Waals surface area contributed by atoms with Crippen molar-refractivity contribution in [1.82, 2.24) is 14.5 Å². The van der Waals surface area contributed by atoms with Gasteiger partial charge in [0.05, 0.1) is 29.7 Å². The Morgan fingerprint density at radius 3 is 2.36 bits per heavy atom. The van der Waals surface area contributed by atoms with Gasteiger partial charge in [0.15, 0.2) is 0 Å². The van der Waals surface area contributed by atoms with Gasteiger partial charge in [-0.25, -0.2) is 9.78 Å². The summed E-state index contributed by atoms with van der Waals surface area (Å²) in [6, 6.07) is 31.1. The third kappa shape index (κ3) is 5.25. The highest BCUT2D eigenvalue weighted by Crippen LogP contribution is 2.29. The number of amides is 2. The Kier molecular flexibility index (Phi) is 7.41. The third-order valence-corrected chi connectivity index (χ3v) is 6.81. The molecular formula is C32H30N4O3. The van der Waals surface area contributed by atoms with E-state index in [0.717, 1.165) is 16.8 Å². The molecule has 5 aromatic rings. The maximum atomic E-state index is 14.0. The molecule has 0 bridgehead atoms. The topological polar surface area (TPSA) is 76.5 Å². The van der Waals surface area contributed by atoms with Gasteiger partial charge in [0.2, 0.25) is 0 Å². The highest BCUT2D eigenvalue weighted by atomic mass is 16.5. The number of hydrogen-bond donors (Lipinski definition) is 1. The number of carbonyl (C=O) groups is 1. The number of nitrogens with one attached hydrogen (secondary N) is 1. The third-order valence-electron chi connectivity index (χ3n) is 6.81. The van der Waals surface area contributed by atoms with Crippen LogP contribution in [0.2, 0.25) is 0 Å². The summed E-state index contributed by atoms with van der Waals surface area (Å²) in [6.45, 7) is 4.15. The van der Waals surface area contributed by atoms with E-state index in [2.05, 4.69) is 5.32 Å². The number of methoxy groups -OCH3 is 1. The maximum absolute atomic E-state index is 14.0. The molecule has 196 valence electrons. The molecule has 5 rings (SSSR count). The smallest absolute Gasteiger partial charge is 0.322 e. The van der Waals surface area contributed by atoms with Crippen LogP contribution < -0.4 is 15.6 Å². The minimum absolute atomic E-state index is 0.231. The zero-order chi connectivity index (χ0) is 27.4. The predicted octanol–water partition coefficient (Wildman–Crippen LogP) is 6.50. The van der Waals surface area contributed by atoms with Crippen molar-refractivity contribution in [1.29, 1.82) is 0 Å². The molecule has 0 aliphatic rings. The zero-order valence-electron chi connectivity index (χ0n) is 22.2. The average Bonchev–Trinajstić information content (AvgIpc) is 2.97. The van der Waals surface area contributed by atoms with Gasteiger partial charge < -0.3 is 15.0 Å². The highest BCUT2D eigenvalue weighted by molar-refractivity contribution is 5.90. The summed E-state index contributed by atoms with van der Waals surface area (Å²) >= 11 is 0.